The number of amides is 1. The van der Waals surface area contributed by atoms with Crippen LogP contribution in [0.1, 0.15) is 31.9 Å². The number of rotatable bonds is 7. The first-order valence-corrected chi connectivity index (χ1v) is 6.31. The molecule has 0 heterocycles. The summed E-state index contributed by atoms with van der Waals surface area (Å²) in [6.45, 7) is 5.22. The minimum atomic E-state index is -0.600. The lowest BCUT2D eigenvalue weighted by atomic mass is 10.1. The van der Waals surface area contributed by atoms with E-state index in [0.29, 0.717) is 13.2 Å². The molecule has 0 fully saturated rings. The van der Waals surface area contributed by atoms with Crippen molar-refractivity contribution < 1.29 is 9.53 Å². The fourth-order valence-electron chi connectivity index (χ4n) is 1.52. The molecule has 3 N–H and O–H groups in total. The largest absolute Gasteiger partial charge is 0.379 e. The van der Waals surface area contributed by atoms with Gasteiger partial charge in [0.1, 0.15) is 6.04 Å². The first-order chi connectivity index (χ1) is 8.61. The normalized spacial score (nSPS) is 11.8. The van der Waals surface area contributed by atoms with E-state index in [2.05, 4.69) is 5.32 Å². The van der Waals surface area contributed by atoms with Gasteiger partial charge in [-0.25, -0.2) is 0 Å². The van der Waals surface area contributed by atoms with Crippen molar-refractivity contribution in [2.24, 2.45) is 5.73 Å². The van der Waals surface area contributed by atoms with Crippen LogP contribution in [0, 0.1) is 0 Å². The lowest BCUT2D eigenvalue weighted by Crippen LogP contribution is -2.35. The van der Waals surface area contributed by atoms with Crippen LogP contribution in [0.4, 0.5) is 0 Å². The van der Waals surface area contributed by atoms with Crippen LogP contribution in [0.25, 0.3) is 0 Å². The predicted octanol–water partition coefficient (Wildman–Crippen LogP) is 2.04. The number of ether oxygens (including phenoxy) is 1. The summed E-state index contributed by atoms with van der Waals surface area (Å²) in [5.41, 5.74) is 6.69. The second-order valence-electron chi connectivity index (χ2n) is 4.45. The fraction of sp³-hybridized carbons (Fsp3) is 0.500. The van der Waals surface area contributed by atoms with Gasteiger partial charge in [0.15, 0.2) is 0 Å². The van der Waals surface area contributed by atoms with Gasteiger partial charge in [-0.1, -0.05) is 30.3 Å². The average Bonchev–Trinajstić information content (AvgIpc) is 2.38. The first-order valence-electron chi connectivity index (χ1n) is 6.31. The van der Waals surface area contributed by atoms with Crippen LogP contribution in [-0.2, 0) is 9.53 Å². The summed E-state index contributed by atoms with van der Waals surface area (Å²) in [6.07, 6.45) is 1.03. The molecule has 1 atom stereocenters. The van der Waals surface area contributed by atoms with Crippen molar-refractivity contribution in [3.05, 3.63) is 35.9 Å². The Morgan fingerprint density at radius 1 is 1.32 bits per heavy atom. The maximum Gasteiger partial charge on any atom is 0.241 e. The topological polar surface area (TPSA) is 64.3 Å². The smallest absolute Gasteiger partial charge is 0.241 e. The second kappa shape index (κ2) is 9.78. The highest BCUT2D eigenvalue weighted by atomic mass is 35.5. The van der Waals surface area contributed by atoms with E-state index < -0.39 is 6.04 Å². The van der Waals surface area contributed by atoms with Gasteiger partial charge < -0.3 is 15.8 Å². The quantitative estimate of drug-likeness (QED) is 0.754. The van der Waals surface area contributed by atoms with Gasteiger partial charge in [0.2, 0.25) is 5.91 Å². The number of halogens is 1. The molecule has 0 saturated heterocycles. The highest BCUT2D eigenvalue weighted by Gasteiger charge is 2.14. The Balaban J connectivity index is 0.00000324. The van der Waals surface area contributed by atoms with Gasteiger partial charge in [-0.3, -0.25) is 4.79 Å². The van der Waals surface area contributed by atoms with Crippen LogP contribution in [0.3, 0.4) is 0 Å². The number of nitrogens with two attached hydrogens (primary N) is 1. The molecule has 4 nitrogen and oxygen atoms in total. The molecule has 0 aliphatic heterocycles. The van der Waals surface area contributed by atoms with Crippen molar-refractivity contribution in [1.29, 1.82) is 0 Å². The molecule has 19 heavy (non-hydrogen) atoms. The molecule has 1 rings (SSSR count). The zero-order chi connectivity index (χ0) is 13.4. The standard InChI is InChI=1S/C14H22N2O2.ClH/c1-11(2)18-10-6-9-16-14(17)13(15)12-7-4-3-5-8-12;/h3-5,7-8,11,13H,6,9-10,15H2,1-2H3,(H,16,17);1H. The molecule has 0 aliphatic rings. The molecule has 1 amide bonds. The molecule has 5 heteroatoms. The van der Waals surface area contributed by atoms with Gasteiger partial charge in [-0.05, 0) is 25.8 Å². The van der Waals surface area contributed by atoms with Gasteiger partial charge >= 0.3 is 0 Å². The third-order valence-corrected chi connectivity index (χ3v) is 2.51. The summed E-state index contributed by atoms with van der Waals surface area (Å²) < 4.78 is 5.39. The van der Waals surface area contributed by atoms with Crippen LogP contribution in [0.5, 0.6) is 0 Å². The maximum atomic E-state index is 11.8. The summed E-state index contributed by atoms with van der Waals surface area (Å²) in [7, 11) is 0. The van der Waals surface area contributed by atoms with Crippen molar-refractivity contribution in [2.75, 3.05) is 13.2 Å². The minimum Gasteiger partial charge on any atom is -0.379 e. The van der Waals surface area contributed by atoms with E-state index in [1.165, 1.54) is 0 Å². The summed E-state index contributed by atoms with van der Waals surface area (Å²) in [6, 6.07) is 8.75. The molecule has 0 saturated carbocycles. The molecule has 1 unspecified atom stereocenters. The molecule has 0 spiro atoms. The predicted molar refractivity (Wildman–Crippen MR) is 79.3 cm³/mol. The number of nitrogens with one attached hydrogen (secondary N) is 1. The Labute approximate surface area is 121 Å². The van der Waals surface area contributed by atoms with Crippen LogP contribution in [-0.4, -0.2) is 25.2 Å². The molecule has 0 bridgehead atoms. The number of benzene rings is 1. The molecule has 1 aromatic rings. The van der Waals surface area contributed by atoms with Crippen molar-refractivity contribution in [2.45, 2.75) is 32.4 Å². The van der Waals surface area contributed by atoms with Crippen molar-refractivity contribution >= 4 is 18.3 Å². The third kappa shape index (κ3) is 7.15. The molecular weight excluding hydrogens is 264 g/mol. The van der Waals surface area contributed by atoms with Gasteiger partial charge in [-0.2, -0.15) is 0 Å². The van der Waals surface area contributed by atoms with Crippen molar-refractivity contribution in [1.82, 2.24) is 5.32 Å². The van der Waals surface area contributed by atoms with Crippen LogP contribution in [0.15, 0.2) is 30.3 Å². The van der Waals surface area contributed by atoms with E-state index in [0.717, 1.165) is 12.0 Å². The first kappa shape index (κ1) is 17.9. The van der Waals surface area contributed by atoms with Crippen LogP contribution < -0.4 is 11.1 Å². The van der Waals surface area contributed by atoms with Crippen LogP contribution >= 0.6 is 12.4 Å². The van der Waals surface area contributed by atoms with Crippen molar-refractivity contribution in [3.63, 3.8) is 0 Å². The molecule has 0 aliphatic carbocycles. The van der Waals surface area contributed by atoms with Gasteiger partial charge in [0.05, 0.1) is 6.10 Å². The number of carbonyl (C=O) groups is 1. The molecule has 1 aromatic carbocycles. The van der Waals surface area contributed by atoms with E-state index >= 15 is 0 Å². The zero-order valence-electron chi connectivity index (χ0n) is 11.5. The van der Waals surface area contributed by atoms with E-state index in [1.54, 1.807) is 0 Å². The van der Waals surface area contributed by atoms with Gasteiger partial charge in [0, 0.05) is 13.2 Å². The monoisotopic (exact) mass is 286 g/mol. The van der Waals surface area contributed by atoms with E-state index in [1.807, 2.05) is 44.2 Å². The molecule has 108 valence electrons. The van der Waals surface area contributed by atoms with E-state index in [-0.39, 0.29) is 24.4 Å². The second-order valence-corrected chi connectivity index (χ2v) is 4.45. The number of carbonyl (C=O) groups excluding carboxylic acids is 1. The number of hydrogen-bond donors (Lipinski definition) is 2. The third-order valence-electron chi connectivity index (χ3n) is 2.51. The lowest BCUT2D eigenvalue weighted by molar-refractivity contribution is -0.122. The summed E-state index contributed by atoms with van der Waals surface area (Å²) in [5.74, 6) is -0.147. The average molecular weight is 287 g/mol. The molecular formula is C14H23ClN2O2. The number of hydrogen-bond acceptors (Lipinski definition) is 3. The Morgan fingerprint density at radius 3 is 2.53 bits per heavy atom. The molecule has 0 aromatic heterocycles. The Kier molecular flexibility index (Phi) is 9.21. The van der Waals surface area contributed by atoms with Gasteiger partial charge in [0.25, 0.3) is 0 Å². The lowest BCUT2D eigenvalue weighted by Gasteiger charge is -2.13. The van der Waals surface area contributed by atoms with Crippen LogP contribution in [0.2, 0.25) is 0 Å². The highest BCUT2D eigenvalue weighted by Crippen LogP contribution is 2.08. The summed E-state index contributed by atoms with van der Waals surface area (Å²) >= 11 is 0. The minimum absolute atomic E-state index is 0. The van der Waals surface area contributed by atoms with Crippen molar-refractivity contribution in [3.8, 4) is 0 Å². The van der Waals surface area contributed by atoms with E-state index in [4.69, 9.17) is 10.5 Å². The zero-order valence-corrected chi connectivity index (χ0v) is 12.3. The highest BCUT2D eigenvalue weighted by molar-refractivity contribution is 5.85. The summed E-state index contributed by atoms with van der Waals surface area (Å²) in [4.78, 5) is 11.8. The van der Waals surface area contributed by atoms with E-state index in [9.17, 15) is 4.79 Å². The Morgan fingerprint density at radius 2 is 1.95 bits per heavy atom. The van der Waals surface area contributed by atoms with Gasteiger partial charge in [-0.15, -0.1) is 12.4 Å². The summed E-state index contributed by atoms with van der Waals surface area (Å²) in [5, 5.41) is 2.81. The maximum absolute atomic E-state index is 11.8. The fourth-order valence-corrected chi connectivity index (χ4v) is 1.52. The molecule has 0 radical (unpaired) electrons. The Bertz CT molecular complexity index is 358. The Hall–Kier alpha value is -1.10. The SMILES string of the molecule is CC(C)OCCCNC(=O)C(N)c1ccccc1.Cl.